The van der Waals surface area contributed by atoms with Crippen LogP contribution in [0.4, 0.5) is 13.2 Å². The molecule has 1 aliphatic carbocycles. The van der Waals surface area contributed by atoms with Crippen LogP contribution in [0.15, 0.2) is 53.8 Å². The van der Waals surface area contributed by atoms with Gasteiger partial charge in [0.2, 0.25) is 0 Å². The van der Waals surface area contributed by atoms with Crippen molar-refractivity contribution in [3.63, 3.8) is 0 Å². The number of benzene rings is 1. The second-order valence-electron chi connectivity index (χ2n) is 6.68. The van der Waals surface area contributed by atoms with E-state index in [1.165, 1.54) is 12.1 Å². The summed E-state index contributed by atoms with van der Waals surface area (Å²) in [7, 11) is 0. The summed E-state index contributed by atoms with van der Waals surface area (Å²) in [5.74, 6) is 0.515. The lowest BCUT2D eigenvalue weighted by Crippen LogP contribution is -2.34. The van der Waals surface area contributed by atoms with Gasteiger partial charge in [-0.05, 0) is 55.7 Å². The van der Waals surface area contributed by atoms with E-state index in [9.17, 15) is 21.9 Å². The Hall–Kier alpha value is -1.90. The molecule has 0 aromatic heterocycles. The highest BCUT2D eigenvalue weighted by molar-refractivity contribution is 7.77. The number of hydrogen-bond donors (Lipinski definition) is 1. The molecule has 0 radical (unpaired) electrons. The predicted octanol–water partition coefficient (Wildman–Crippen LogP) is 3.86. The number of fused-ring (bicyclic) bond motifs is 1. The number of allylic oxidation sites excluding steroid dienone is 1. The molecule has 0 saturated carbocycles. The van der Waals surface area contributed by atoms with Crippen LogP contribution in [0.1, 0.15) is 31.4 Å². The van der Waals surface area contributed by atoms with Crippen molar-refractivity contribution in [2.75, 3.05) is 0 Å². The molecule has 1 aliphatic heterocycles. The summed E-state index contributed by atoms with van der Waals surface area (Å²) in [6.45, 7) is 3.66. The molecule has 0 bridgehead atoms. The first-order valence-electron chi connectivity index (χ1n) is 7.93. The third-order valence-electron chi connectivity index (χ3n) is 4.12. The van der Waals surface area contributed by atoms with Gasteiger partial charge in [0.05, 0.1) is 5.56 Å². The molecule has 0 spiro atoms. The molecule has 1 N–H and O–H groups in total. The van der Waals surface area contributed by atoms with E-state index in [0.29, 0.717) is 17.7 Å². The van der Waals surface area contributed by atoms with E-state index in [1.54, 1.807) is 6.08 Å². The third kappa shape index (κ3) is 4.08. The van der Waals surface area contributed by atoms with E-state index in [2.05, 4.69) is 4.72 Å². The molecule has 26 heavy (non-hydrogen) atoms. The summed E-state index contributed by atoms with van der Waals surface area (Å²) in [6.07, 6.45) is 1.42. The zero-order valence-corrected chi connectivity index (χ0v) is 14.9. The van der Waals surface area contributed by atoms with Crippen LogP contribution in [0.5, 0.6) is 0 Å². The van der Waals surface area contributed by atoms with Gasteiger partial charge in [-0.2, -0.15) is 13.2 Å². The lowest BCUT2D eigenvalue weighted by atomic mass is 9.85. The van der Waals surface area contributed by atoms with Crippen LogP contribution in [0.2, 0.25) is 0 Å². The van der Waals surface area contributed by atoms with E-state index in [0.717, 1.165) is 23.3 Å². The van der Waals surface area contributed by atoms with Crippen LogP contribution in [0, 0.1) is 0 Å². The van der Waals surface area contributed by atoms with Crippen LogP contribution in [-0.2, 0) is 22.2 Å². The Bertz CT molecular complexity index is 823. The summed E-state index contributed by atoms with van der Waals surface area (Å²) >= 11 is -2.40. The lowest BCUT2D eigenvalue weighted by Gasteiger charge is -2.36. The summed E-state index contributed by atoms with van der Waals surface area (Å²) in [4.78, 5) is 0. The first-order valence-corrected chi connectivity index (χ1v) is 9.00. The standard InChI is InChI=1S/C18H18F3NO3S/c1-17(2)10-15(11-3-5-12(6-4-11)18(19,20)21)14-8-7-13(22-26(23)24)9-16(14)25-17/h3-6,8-10,13,22H,7H2,1-2H3,(H,23,24)/p-1. The van der Waals surface area contributed by atoms with E-state index in [4.69, 9.17) is 4.74 Å². The lowest BCUT2D eigenvalue weighted by molar-refractivity contribution is -0.137. The van der Waals surface area contributed by atoms with Crippen LogP contribution in [-0.4, -0.2) is 20.4 Å². The smallest absolute Gasteiger partial charge is 0.416 e. The van der Waals surface area contributed by atoms with Gasteiger partial charge < -0.3 is 9.29 Å². The summed E-state index contributed by atoms with van der Waals surface area (Å²) in [5, 5.41) is 0. The molecule has 8 heteroatoms. The van der Waals surface area contributed by atoms with Gasteiger partial charge in [-0.3, -0.25) is 4.21 Å². The average molecular weight is 384 g/mol. The Morgan fingerprint density at radius 3 is 2.46 bits per heavy atom. The van der Waals surface area contributed by atoms with Crippen molar-refractivity contribution in [1.29, 1.82) is 0 Å². The molecule has 1 heterocycles. The molecular formula is C18H17F3NO3S-. The topological polar surface area (TPSA) is 61.4 Å². The second kappa shape index (κ2) is 6.68. The molecule has 1 aromatic rings. The minimum atomic E-state index is -4.39. The summed E-state index contributed by atoms with van der Waals surface area (Å²) in [6, 6.07) is 4.55. The molecule has 3 rings (SSSR count). The number of rotatable bonds is 3. The Balaban J connectivity index is 1.97. The van der Waals surface area contributed by atoms with E-state index < -0.39 is 34.6 Å². The van der Waals surface area contributed by atoms with Gasteiger partial charge in [-0.1, -0.05) is 18.2 Å². The number of nitrogens with one attached hydrogen (secondary N) is 1. The molecule has 2 aliphatic rings. The molecule has 1 aromatic carbocycles. The fourth-order valence-corrected chi connectivity index (χ4v) is 3.45. The monoisotopic (exact) mass is 384 g/mol. The van der Waals surface area contributed by atoms with Gasteiger partial charge in [0.25, 0.3) is 0 Å². The maximum atomic E-state index is 12.8. The Labute approximate surface area is 151 Å². The van der Waals surface area contributed by atoms with Gasteiger partial charge in [-0.25, -0.2) is 4.72 Å². The van der Waals surface area contributed by atoms with Crippen molar-refractivity contribution in [3.05, 3.63) is 65.0 Å². The number of halogens is 3. The fourth-order valence-electron chi connectivity index (χ4n) is 3.04. The molecule has 140 valence electrons. The maximum Gasteiger partial charge on any atom is 0.416 e. The summed E-state index contributed by atoms with van der Waals surface area (Å²) in [5.41, 5.74) is 0.774. The Morgan fingerprint density at radius 1 is 1.23 bits per heavy atom. The van der Waals surface area contributed by atoms with Crippen molar-refractivity contribution in [2.45, 2.75) is 38.1 Å². The second-order valence-corrected chi connectivity index (χ2v) is 7.39. The predicted molar refractivity (Wildman–Crippen MR) is 91.2 cm³/mol. The Kier molecular flexibility index (Phi) is 4.85. The largest absolute Gasteiger partial charge is 0.760 e. The minimum absolute atomic E-state index is 0.421. The van der Waals surface area contributed by atoms with Crippen molar-refractivity contribution in [1.82, 2.24) is 4.72 Å². The fraction of sp³-hybridized carbons (Fsp3) is 0.333. The third-order valence-corrected chi connectivity index (χ3v) is 4.62. The molecular weight excluding hydrogens is 367 g/mol. The van der Waals surface area contributed by atoms with Gasteiger partial charge in [0.15, 0.2) is 0 Å². The molecule has 2 unspecified atom stereocenters. The highest BCUT2D eigenvalue weighted by atomic mass is 32.2. The molecule has 0 amide bonds. The first-order chi connectivity index (χ1) is 12.0. The van der Waals surface area contributed by atoms with Crippen LogP contribution in [0.3, 0.4) is 0 Å². The first kappa shape index (κ1) is 18.9. The van der Waals surface area contributed by atoms with Gasteiger partial charge >= 0.3 is 6.18 Å². The van der Waals surface area contributed by atoms with E-state index in [1.807, 2.05) is 26.0 Å². The van der Waals surface area contributed by atoms with Gasteiger partial charge in [0, 0.05) is 22.9 Å². The number of hydrogen-bond acceptors (Lipinski definition) is 3. The number of alkyl halides is 3. The van der Waals surface area contributed by atoms with E-state index in [-0.39, 0.29) is 0 Å². The quantitative estimate of drug-likeness (QED) is 0.805. The molecule has 4 nitrogen and oxygen atoms in total. The van der Waals surface area contributed by atoms with Crippen molar-refractivity contribution < 1.29 is 26.7 Å². The highest BCUT2D eigenvalue weighted by Crippen LogP contribution is 2.41. The van der Waals surface area contributed by atoms with Crippen LogP contribution in [0.25, 0.3) is 5.57 Å². The highest BCUT2D eigenvalue weighted by Gasteiger charge is 2.33. The van der Waals surface area contributed by atoms with Crippen molar-refractivity contribution in [3.8, 4) is 0 Å². The molecule has 0 fully saturated rings. The van der Waals surface area contributed by atoms with Gasteiger partial charge in [0.1, 0.15) is 11.4 Å². The minimum Gasteiger partial charge on any atom is -0.760 e. The van der Waals surface area contributed by atoms with Gasteiger partial charge in [-0.15, -0.1) is 0 Å². The zero-order valence-electron chi connectivity index (χ0n) is 14.1. The van der Waals surface area contributed by atoms with E-state index >= 15 is 0 Å². The number of ether oxygens (including phenoxy) is 1. The normalized spacial score (nSPS) is 23.2. The molecule has 2 atom stereocenters. The zero-order chi connectivity index (χ0) is 19.1. The van der Waals surface area contributed by atoms with Crippen molar-refractivity contribution >= 4 is 16.8 Å². The van der Waals surface area contributed by atoms with Crippen molar-refractivity contribution in [2.24, 2.45) is 0 Å². The average Bonchev–Trinajstić information content (AvgIpc) is 2.51. The van der Waals surface area contributed by atoms with Crippen LogP contribution < -0.4 is 4.72 Å². The summed E-state index contributed by atoms with van der Waals surface area (Å²) < 4.78 is 68.4. The Morgan fingerprint density at radius 2 is 1.88 bits per heavy atom. The molecule has 0 saturated heterocycles. The maximum absolute atomic E-state index is 12.8. The van der Waals surface area contributed by atoms with Crippen LogP contribution >= 0.6 is 0 Å². The SMILES string of the molecule is CC1(C)C=C(c2ccc(C(F)(F)F)cc2)C2=CCC(NS(=O)[O-])C=C2O1.